The number of carbonyl (C=O) groups is 1. The van der Waals surface area contributed by atoms with Crippen molar-refractivity contribution in [2.75, 3.05) is 11.9 Å². The Bertz CT molecular complexity index is 1050. The zero-order valence-electron chi connectivity index (χ0n) is 17.6. The fourth-order valence-electron chi connectivity index (χ4n) is 3.87. The summed E-state index contributed by atoms with van der Waals surface area (Å²) in [6.45, 7) is 6.31. The lowest BCUT2D eigenvalue weighted by atomic mass is 9.92. The van der Waals surface area contributed by atoms with Gasteiger partial charge in [-0.15, -0.1) is 0 Å². The Morgan fingerprint density at radius 3 is 2.53 bits per heavy atom. The predicted octanol–water partition coefficient (Wildman–Crippen LogP) is 7.15. The van der Waals surface area contributed by atoms with Gasteiger partial charge in [0, 0.05) is 23.2 Å². The first-order valence-corrected chi connectivity index (χ1v) is 11.3. The number of aromatic nitrogens is 1. The topological polar surface area (TPSA) is 52.5 Å². The lowest BCUT2D eigenvalue weighted by Crippen LogP contribution is -2.18. The van der Waals surface area contributed by atoms with Crippen LogP contribution in [0.4, 0.5) is 10.5 Å². The van der Waals surface area contributed by atoms with Gasteiger partial charge in [-0.3, -0.25) is 5.32 Å². The number of fused-ring (bicyclic) bond motifs is 1. The highest BCUT2D eigenvalue weighted by atomic mass is 79.9. The second kappa shape index (κ2) is 8.72. The number of halogens is 1. The van der Waals surface area contributed by atoms with E-state index < -0.39 is 6.09 Å². The molecule has 30 heavy (non-hydrogen) atoms. The Kier molecular flexibility index (Phi) is 6.04. The molecule has 1 fully saturated rings. The standard InChI is InChI=1S/C24H27BrN2O3/c1-4-29-19-12-13-20-21(14-19)27(18-6-5-7-18)23(22(20)25)16-8-10-17(11-9-16)26-24(28)30-15(2)3/h8-15,18H,4-7H2,1-3H3,(H,26,28). The number of hydrogen-bond acceptors (Lipinski definition) is 3. The molecule has 0 saturated heterocycles. The van der Waals surface area contributed by atoms with Crippen molar-refractivity contribution >= 4 is 38.6 Å². The van der Waals surface area contributed by atoms with Crippen LogP contribution in [0.2, 0.25) is 0 Å². The van der Waals surface area contributed by atoms with E-state index in [1.165, 1.54) is 35.9 Å². The molecule has 5 nitrogen and oxygen atoms in total. The molecule has 6 heteroatoms. The molecule has 1 amide bonds. The highest BCUT2D eigenvalue weighted by molar-refractivity contribution is 9.10. The van der Waals surface area contributed by atoms with Gasteiger partial charge < -0.3 is 14.0 Å². The second-order valence-corrected chi connectivity index (χ2v) is 8.68. The molecule has 158 valence electrons. The maximum absolute atomic E-state index is 11.9. The molecule has 0 radical (unpaired) electrons. The fourth-order valence-corrected chi connectivity index (χ4v) is 4.62. The van der Waals surface area contributed by atoms with E-state index in [9.17, 15) is 4.79 Å². The number of rotatable bonds is 6. The van der Waals surface area contributed by atoms with Gasteiger partial charge in [-0.1, -0.05) is 12.1 Å². The zero-order chi connectivity index (χ0) is 21.3. The van der Waals surface area contributed by atoms with E-state index in [1.54, 1.807) is 0 Å². The lowest BCUT2D eigenvalue weighted by molar-refractivity contribution is 0.130. The highest BCUT2D eigenvalue weighted by Crippen LogP contribution is 2.45. The van der Waals surface area contributed by atoms with Crippen LogP contribution >= 0.6 is 15.9 Å². The summed E-state index contributed by atoms with van der Waals surface area (Å²) in [7, 11) is 0. The van der Waals surface area contributed by atoms with Crippen LogP contribution in [0.25, 0.3) is 22.2 Å². The molecular weight excluding hydrogens is 444 g/mol. The smallest absolute Gasteiger partial charge is 0.411 e. The van der Waals surface area contributed by atoms with Crippen LogP contribution in [0.3, 0.4) is 0 Å². The van der Waals surface area contributed by atoms with Gasteiger partial charge in [0.25, 0.3) is 0 Å². The maximum atomic E-state index is 11.9. The number of hydrogen-bond donors (Lipinski definition) is 1. The van der Waals surface area contributed by atoms with Crippen molar-refractivity contribution in [3.05, 3.63) is 46.9 Å². The Morgan fingerprint density at radius 1 is 1.20 bits per heavy atom. The molecule has 0 atom stereocenters. The third-order valence-electron chi connectivity index (χ3n) is 5.41. The van der Waals surface area contributed by atoms with E-state index in [2.05, 4.69) is 37.9 Å². The van der Waals surface area contributed by atoms with Gasteiger partial charge in [0.1, 0.15) is 5.75 Å². The lowest BCUT2D eigenvalue weighted by Gasteiger charge is -2.30. The molecule has 2 aromatic carbocycles. The van der Waals surface area contributed by atoms with Crippen molar-refractivity contribution in [3.8, 4) is 17.0 Å². The maximum Gasteiger partial charge on any atom is 0.411 e. The SMILES string of the molecule is CCOc1ccc2c(Br)c(-c3ccc(NC(=O)OC(C)C)cc3)n(C3CCC3)c2c1. The number of nitrogens with one attached hydrogen (secondary N) is 1. The molecule has 0 bridgehead atoms. The fraction of sp³-hybridized carbons (Fsp3) is 0.375. The third kappa shape index (κ3) is 4.06. The van der Waals surface area contributed by atoms with Crippen molar-refractivity contribution < 1.29 is 14.3 Å². The molecule has 1 aliphatic rings. The van der Waals surface area contributed by atoms with Gasteiger partial charge in [0.15, 0.2) is 0 Å². The molecule has 4 rings (SSSR count). The van der Waals surface area contributed by atoms with Gasteiger partial charge in [-0.2, -0.15) is 0 Å². The number of benzene rings is 2. The van der Waals surface area contributed by atoms with Gasteiger partial charge in [0.05, 0.1) is 28.4 Å². The first-order chi connectivity index (χ1) is 14.5. The number of carbonyl (C=O) groups excluding carboxylic acids is 1. The van der Waals surface area contributed by atoms with Crippen LogP contribution in [0.15, 0.2) is 46.9 Å². The highest BCUT2D eigenvalue weighted by Gasteiger charge is 2.27. The first-order valence-electron chi connectivity index (χ1n) is 10.5. The first kappa shape index (κ1) is 20.8. The molecule has 1 heterocycles. The van der Waals surface area contributed by atoms with Crippen molar-refractivity contribution in [1.29, 1.82) is 0 Å². The summed E-state index contributed by atoms with van der Waals surface area (Å²) >= 11 is 3.86. The van der Waals surface area contributed by atoms with Crippen molar-refractivity contribution in [1.82, 2.24) is 4.57 Å². The summed E-state index contributed by atoms with van der Waals surface area (Å²) in [6, 6.07) is 14.7. The molecule has 1 aliphatic carbocycles. The van der Waals surface area contributed by atoms with Crippen LogP contribution in [-0.2, 0) is 4.74 Å². The van der Waals surface area contributed by atoms with Crippen LogP contribution in [0.5, 0.6) is 5.75 Å². The molecular formula is C24H27BrN2O3. The van der Waals surface area contributed by atoms with Crippen molar-refractivity contribution in [3.63, 3.8) is 0 Å². The quantitative estimate of drug-likeness (QED) is 0.415. The minimum atomic E-state index is -0.439. The summed E-state index contributed by atoms with van der Waals surface area (Å²) in [5.74, 6) is 0.894. The summed E-state index contributed by atoms with van der Waals surface area (Å²) in [4.78, 5) is 11.9. The van der Waals surface area contributed by atoms with Crippen LogP contribution in [0, 0.1) is 0 Å². The third-order valence-corrected chi connectivity index (χ3v) is 6.22. The van der Waals surface area contributed by atoms with E-state index >= 15 is 0 Å². The molecule has 1 aromatic heterocycles. The molecule has 3 aromatic rings. The Morgan fingerprint density at radius 2 is 1.93 bits per heavy atom. The number of ether oxygens (including phenoxy) is 2. The van der Waals surface area contributed by atoms with Gasteiger partial charge in [0.2, 0.25) is 0 Å². The van der Waals surface area contributed by atoms with E-state index in [0.29, 0.717) is 18.3 Å². The van der Waals surface area contributed by atoms with Gasteiger partial charge in [-0.25, -0.2) is 4.79 Å². The van der Waals surface area contributed by atoms with Gasteiger partial charge in [-0.05, 0) is 85.8 Å². The van der Waals surface area contributed by atoms with E-state index in [4.69, 9.17) is 9.47 Å². The largest absolute Gasteiger partial charge is 0.494 e. The molecule has 1 N–H and O–H groups in total. The van der Waals surface area contributed by atoms with Crippen molar-refractivity contribution in [2.24, 2.45) is 0 Å². The van der Waals surface area contributed by atoms with Crippen molar-refractivity contribution in [2.45, 2.75) is 52.2 Å². The summed E-state index contributed by atoms with van der Waals surface area (Å²) in [5.41, 5.74) is 4.17. The van der Waals surface area contributed by atoms with Gasteiger partial charge >= 0.3 is 6.09 Å². The Hall–Kier alpha value is -2.47. The zero-order valence-corrected chi connectivity index (χ0v) is 19.2. The average molecular weight is 471 g/mol. The van der Waals surface area contributed by atoms with E-state index in [1.807, 2.05) is 51.1 Å². The minimum Gasteiger partial charge on any atom is -0.494 e. The monoisotopic (exact) mass is 470 g/mol. The summed E-state index contributed by atoms with van der Waals surface area (Å²) < 4.78 is 14.4. The van der Waals surface area contributed by atoms with Crippen LogP contribution in [0.1, 0.15) is 46.1 Å². The molecule has 0 unspecified atom stereocenters. The molecule has 0 aliphatic heterocycles. The minimum absolute atomic E-state index is 0.153. The van der Waals surface area contributed by atoms with Crippen LogP contribution in [-0.4, -0.2) is 23.4 Å². The predicted molar refractivity (Wildman–Crippen MR) is 124 cm³/mol. The molecule has 0 spiro atoms. The Balaban J connectivity index is 1.72. The second-order valence-electron chi connectivity index (χ2n) is 7.89. The Labute approximate surface area is 185 Å². The summed E-state index contributed by atoms with van der Waals surface area (Å²) in [5, 5.41) is 3.96. The normalized spacial score (nSPS) is 14.0. The van der Waals surface area contributed by atoms with E-state index in [-0.39, 0.29) is 6.10 Å². The number of anilines is 1. The van der Waals surface area contributed by atoms with E-state index in [0.717, 1.165) is 15.8 Å². The summed E-state index contributed by atoms with van der Waals surface area (Å²) in [6.07, 6.45) is 3.03. The average Bonchev–Trinajstić information content (AvgIpc) is 2.93. The number of amides is 1. The molecule has 1 saturated carbocycles. The van der Waals surface area contributed by atoms with Crippen LogP contribution < -0.4 is 10.1 Å². The number of nitrogens with zero attached hydrogens (tertiary/aromatic N) is 1.